The topological polar surface area (TPSA) is 52.6 Å². The maximum Gasteiger partial charge on any atom is 0.347 e. The third-order valence-corrected chi connectivity index (χ3v) is 2.12. The monoisotopic (exact) mass is 254 g/mol. The summed E-state index contributed by atoms with van der Waals surface area (Å²) >= 11 is 5.44. The molecular weight excluding hydrogens is 239 g/mol. The van der Waals surface area contributed by atoms with Crippen molar-refractivity contribution in [3.63, 3.8) is 0 Å². The Balaban J connectivity index is 3.81. The molecule has 0 saturated heterocycles. The lowest BCUT2D eigenvalue weighted by Crippen LogP contribution is -2.26. The van der Waals surface area contributed by atoms with Gasteiger partial charge in [-0.15, -0.1) is 11.6 Å². The number of esters is 1. The second-order valence-corrected chi connectivity index (χ2v) is 3.49. The first-order valence-corrected chi connectivity index (χ1v) is 5.67. The molecule has 0 rings (SSSR count). The van der Waals surface area contributed by atoms with Crippen LogP contribution in [-0.4, -0.2) is 37.7 Å². The quantitative estimate of drug-likeness (QED) is 0.258. The van der Waals surface area contributed by atoms with Crippen LogP contribution in [0.5, 0.6) is 0 Å². The summed E-state index contributed by atoms with van der Waals surface area (Å²) in [6, 6.07) is 0. The van der Waals surface area contributed by atoms with Gasteiger partial charge in [0.15, 0.2) is 6.10 Å². The molecule has 0 fully saturated rings. The number of hydrogen-bond acceptors (Lipinski definition) is 4. The van der Waals surface area contributed by atoms with E-state index in [0.29, 0.717) is 12.3 Å². The Morgan fingerprint density at radius 3 is 2.69 bits per heavy atom. The van der Waals surface area contributed by atoms with E-state index >= 15 is 0 Å². The molecule has 0 aromatic carbocycles. The van der Waals surface area contributed by atoms with E-state index in [1.807, 2.05) is 0 Å². The Morgan fingerprint density at radius 2 is 2.12 bits per heavy atom. The molecule has 1 unspecified atom stereocenters. The van der Waals surface area contributed by atoms with Crippen molar-refractivity contribution in [1.29, 1.82) is 0 Å². The van der Waals surface area contributed by atoms with Gasteiger partial charge in [-0.2, -0.15) is 0 Å². The number of rotatable bonds is 10. The Kier molecular flexibility index (Phi) is 10.1. The van der Waals surface area contributed by atoms with Gasteiger partial charge in [0.2, 0.25) is 0 Å². The zero-order valence-electron chi connectivity index (χ0n) is 8.99. The molecule has 0 amide bonds. The predicted octanol–water partition coefficient (Wildman–Crippen LogP) is 1.84. The summed E-state index contributed by atoms with van der Waals surface area (Å²) in [6.45, 7) is -0.152. The van der Waals surface area contributed by atoms with E-state index in [1.54, 1.807) is 0 Å². The molecule has 94 valence electrons. The zero-order chi connectivity index (χ0) is 12.2. The molecule has 0 aliphatic heterocycles. The minimum Gasteiger partial charge on any atom is -0.463 e. The lowest BCUT2D eigenvalue weighted by atomic mass is 10.2. The van der Waals surface area contributed by atoms with Crippen molar-refractivity contribution < 1.29 is 23.5 Å². The number of ether oxygens (including phenoxy) is 2. The molecule has 16 heavy (non-hydrogen) atoms. The highest BCUT2D eigenvalue weighted by atomic mass is 35.5. The van der Waals surface area contributed by atoms with E-state index in [9.17, 15) is 14.0 Å². The van der Waals surface area contributed by atoms with Gasteiger partial charge in [-0.3, -0.25) is 9.18 Å². The van der Waals surface area contributed by atoms with Gasteiger partial charge in [0, 0.05) is 5.88 Å². The zero-order valence-corrected chi connectivity index (χ0v) is 9.75. The highest BCUT2D eigenvalue weighted by molar-refractivity contribution is 6.17. The number of hydrogen-bond donors (Lipinski definition) is 0. The standard InChI is InChI=1S/C10H16ClFO4/c11-5-1-2-7-15-10(14)9(16-8-13)4-3-6-12/h8-9H,1-7H2. The lowest BCUT2D eigenvalue weighted by Gasteiger charge is -2.13. The number of unbranched alkanes of at least 4 members (excludes halogenated alkanes) is 1. The SMILES string of the molecule is O=COC(CCCF)C(=O)OCCCCCl. The third kappa shape index (κ3) is 7.45. The maximum atomic E-state index is 11.9. The summed E-state index contributed by atoms with van der Waals surface area (Å²) in [5.74, 6) is -0.122. The molecule has 0 bridgehead atoms. The Hall–Kier alpha value is -0.840. The van der Waals surface area contributed by atoms with Crippen LogP contribution >= 0.6 is 11.6 Å². The molecule has 0 N–H and O–H groups in total. The van der Waals surface area contributed by atoms with Crippen LogP contribution in [0.4, 0.5) is 4.39 Å². The number of carbonyl (C=O) groups is 2. The number of halogens is 2. The van der Waals surface area contributed by atoms with Gasteiger partial charge in [0.05, 0.1) is 13.3 Å². The molecule has 0 aromatic rings. The van der Waals surface area contributed by atoms with Crippen LogP contribution in [0.2, 0.25) is 0 Å². The number of alkyl halides is 2. The summed E-state index contributed by atoms with van der Waals surface area (Å²) in [5, 5.41) is 0. The first-order chi connectivity index (χ1) is 7.76. The van der Waals surface area contributed by atoms with Crippen LogP contribution in [0.15, 0.2) is 0 Å². The van der Waals surface area contributed by atoms with E-state index in [-0.39, 0.29) is 25.9 Å². The average Bonchev–Trinajstić information content (AvgIpc) is 2.29. The van der Waals surface area contributed by atoms with Gasteiger partial charge in [0.25, 0.3) is 6.47 Å². The summed E-state index contributed by atoms with van der Waals surface area (Å²) < 4.78 is 21.3. The number of carbonyl (C=O) groups excluding carboxylic acids is 2. The maximum absolute atomic E-state index is 11.9. The fraction of sp³-hybridized carbons (Fsp3) is 0.800. The highest BCUT2D eigenvalue weighted by Gasteiger charge is 2.20. The van der Waals surface area contributed by atoms with Gasteiger partial charge >= 0.3 is 5.97 Å². The lowest BCUT2D eigenvalue weighted by molar-refractivity contribution is -0.162. The van der Waals surface area contributed by atoms with Gasteiger partial charge in [-0.1, -0.05) is 0 Å². The van der Waals surface area contributed by atoms with E-state index in [2.05, 4.69) is 4.74 Å². The predicted molar refractivity (Wildman–Crippen MR) is 57.1 cm³/mol. The van der Waals surface area contributed by atoms with E-state index in [4.69, 9.17) is 16.3 Å². The molecule has 0 heterocycles. The fourth-order valence-corrected chi connectivity index (χ4v) is 1.22. The molecule has 0 radical (unpaired) electrons. The summed E-state index contributed by atoms with van der Waals surface area (Å²) in [5.41, 5.74) is 0. The largest absolute Gasteiger partial charge is 0.463 e. The first kappa shape index (κ1) is 15.2. The van der Waals surface area contributed by atoms with Crippen molar-refractivity contribution in [1.82, 2.24) is 0 Å². The van der Waals surface area contributed by atoms with Crippen molar-refractivity contribution in [3.8, 4) is 0 Å². The summed E-state index contributed by atoms with van der Waals surface area (Å²) in [4.78, 5) is 21.5. The molecule has 4 nitrogen and oxygen atoms in total. The van der Waals surface area contributed by atoms with Crippen molar-refractivity contribution in [2.24, 2.45) is 0 Å². The van der Waals surface area contributed by atoms with E-state index in [1.165, 1.54) is 0 Å². The van der Waals surface area contributed by atoms with Crippen LogP contribution in [0, 0.1) is 0 Å². The molecule has 0 aliphatic rings. The van der Waals surface area contributed by atoms with Crippen molar-refractivity contribution in [2.75, 3.05) is 19.2 Å². The average molecular weight is 255 g/mol. The Morgan fingerprint density at radius 1 is 1.38 bits per heavy atom. The fourth-order valence-electron chi connectivity index (χ4n) is 1.03. The second-order valence-electron chi connectivity index (χ2n) is 3.12. The van der Waals surface area contributed by atoms with Crippen LogP contribution < -0.4 is 0 Å². The van der Waals surface area contributed by atoms with Crippen molar-refractivity contribution in [3.05, 3.63) is 0 Å². The second kappa shape index (κ2) is 10.7. The molecule has 0 aliphatic carbocycles. The third-order valence-electron chi connectivity index (χ3n) is 1.85. The molecule has 0 aromatic heterocycles. The van der Waals surface area contributed by atoms with Crippen LogP contribution in [0.1, 0.15) is 25.7 Å². The van der Waals surface area contributed by atoms with Gasteiger partial charge in [0.1, 0.15) is 0 Å². The van der Waals surface area contributed by atoms with Crippen LogP contribution in [0.25, 0.3) is 0 Å². The molecule has 0 saturated carbocycles. The van der Waals surface area contributed by atoms with Crippen LogP contribution in [0.3, 0.4) is 0 Å². The first-order valence-electron chi connectivity index (χ1n) is 5.14. The van der Waals surface area contributed by atoms with E-state index in [0.717, 1.165) is 6.42 Å². The molecule has 0 spiro atoms. The molecule has 1 atom stereocenters. The van der Waals surface area contributed by atoms with E-state index < -0.39 is 18.7 Å². The molecule has 6 heteroatoms. The minimum atomic E-state index is -0.996. The normalized spacial score (nSPS) is 11.9. The summed E-state index contributed by atoms with van der Waals surface area (Å²) in [7, 11) is 0. The van der Waals surface area contributed by atoms with Gasteiger partial charge in [-0.25, -0.2) is 4.79 Å². The Bertz CT molecular complexity index is 201. The summed E-state index contributed by atoms with van der Waals surface area (Å²) in [6.07, 6.45) is 0.716. The van der Waals surface area contributed by atoms with Gasteiger partial charge in [-0.05, 0) is 25.7 Å². The smallest absolute Gasteiger partial charge is 0.347 e. The van der Waals surface area contributed by atoms with Crippen molar-refractivity contribution >= 4 is 24.0 Å². The molecular formula is C10H16ClFO4. The van der Waals surface area contributed by atoms with Crippen LogP contribution in [-0.2, 0) is 19.1 Å². The minimum absolute atomic E-state index is 0.142. The Labute approximate surface area is 99.0 Å². The van der Waals surface area contributed by atoms with Gasteiger partial charge < -0.3 is 9.47 Å². The highest BCUT2D eigenvalue weighted by Crippen LogP contribution is 2.05. The van der Waals surface area contributed by atoms with Crippen molar-refractivity contribution in [2.45, 2.75) is 31.8 Å².